The third-order valence-electron chi connectivity index (χ3n) is 4.66. The molecule has 136 valence electrons. The summed E-state index contributed by atoms with van der Waals surface area (Å²) in [5.74, 6) is 0.865. The molecule has 1 amide bonds. The van der Waals surface area contributed by atoms with E-state index in [1.54, 1.807) is 0 Å². The number of carbonyl (C=O) groups excluding carboxylic acids is 1. The molecule has 2 rings (SSSR count). The molecule has 3 atom stereocenters. The Morgan fingerprint density at radius 3 is 2.38 bits per heavy atom. The minimum atomic E-state index is -0.385. The number of carbonyl (C=O) groups is 1. The molecule has 4 nitrogen and oxygen atoms in total. The lowest BCUT2D eigenvalue weighted by molar-refractivity contribution is -0.135. The number of benzene rings is 1. The fourth-order valence-corrected chi connectivity index (χ4v) is 2.88. The first-order chi connectivity index (χ1) is 11.0. The van der Waals surface area contributed by atoms with Crippen molar-refractivity contribution in [3.05, 3.63) is 35.4 Å². The zero-order valence-corrected chi connectivity index (χ0v) is 16.0. The molecular formula is C19H31ClN2O2. The highest BCUT2D eigenvalue weighted by Crippen LogP contribution is 2.25. The highest BCUT2D eigenvalue weighted by Gasteiger charge is 2.26. The number of rotatable bonds is 6. The number of hydrogen-bond acceptors (Lipinski definition) is 3. The monoisotopic (exact) mass is 354 g/mol. The van der Waals surface area contributed by atoms with Crippen LogP contribution < -0.4 is 10.6 Å². The van der Waals surface area contributed by atoms with Gasteiger partial charge < -0.3 is 15.4 Å². The molecule has 24 heavy (non-hydrogen) atoms. The summed E-state index contributed by atoms with van der Waals surface area (Å²) < 4.78 is 5.55. The van der Waals surface area contributed by atoms with E-state index in [4.69, 9.17) is 4.74 Å². The van der Waals surface area contributed by atoms with Gasteiger partial charge in [0.05, 0.1) is 12.6 Å². The van der Waals surface area contributed by atoms with Crippen LogP contribution in [0.4, 0.5) is 0 Å². The zero-order chi connectivity index (χ0) is 16.8. The van der Waals surface area contributed by atoms with Crippen LogP contribution in [0.5, 0.6) is 0 Å². The van der Waals surface area contributed by atoms with E-state index in [9.17, 15) is 4.79 Å². The Bertz CT molecular complexity index is 499. The van der Waals surface area contributed by atoms with Crippen LogP contribution >= 0.6 is 12.4 Å². The van der Waals surface area contributed by atoms with Gasteiger partial charge >= 0.3 is 0 Å². The van der Waals surface area contributed by atoms with E-state index in [2.05, 4.69) is 62.6 Å². The number of halogens is 1. The van der Waals surface area contributed by atoms with Crippen LogP contribution in [0.1, 0.15) is 57.2 Å². The Kier molecular flexibility index (Phi) is 8.74. The summed E-state index contributed by atoms with van der Waals surface area (Å²) in [4.78, 5) is 12.4. The first-order valence-electron chi connectivity index (χ1n) is 8.75. The minimum Gasteiger partial charge on any atom is -0.366 e. The van der Waals surface area contributed by atoms with Crippen LogP contribution in [-0.4, -0.2) is 31.7 Å². The van der Waals surface area contributed by atoms with Crippen molar-refractivity contribution in [1.29, 1.82) is 0 Å². The average molecular weight is 355 g/mol. The van der Waals surface area contributed by atoms with E-state index >= 15 is 0 Å². The predicted octanol–water partition coefficient (Wildman–Crippen LogP) is 3.42. The maximum atomic E-state index is 12.4. The molecular weight excluding hydrogens is 324 g/mol. The van der Waals surface area contributed by atoms with Crippen molar-refractivity contribution in [3.63, 3.8) is 0 Å². The highest BCUT2D eigenvalue weighted by molar-refractivity contribution is 5.85. The minimum absolute atomic E-state index is 0. The Balaban J connectivity index is 0.00000288. The molecule has 1 heterocycles. The number of morpholine rings is 1. The van der Waals surface area contributed by atoms with Crippen molar-refractivity contribution in [2.45, 2.75) is 52.2 Å². The first kappa shape index (κ1) is 20.9. The van der Waals surface area contributed by atoms with E-state index in [0.717, 1.165) is 18.5 Å². The molecule has 0 bridgehead atoms. The van der Waals surface area contributed by atoms with Crippen molar-refractivity contribution in [3.8, 4) is 0 Å². The summed E-state index contributed by atoms with van der Waals surface area (Å²) in [6.07, 6.45) is 0.750. The third kappa shape index (κ3) is 5.47. The van der Waals surface area contributed by atoms with E-state index < -0.39 is 0 Å². The predicted molar refractivity (Wildman–Crippen MR) is 101 cm³/mol. The van der Waals surface area contributed by atoms with Crippen molar-refractivity contribution >= 4 is 18.3 Å². The fraction of sp³-hybridized carbons (Fsp3) is 0.632. The van der Waals surface area contributed by atoms with Gasteiger partial charge in [-0.25, -0.2) is 0 Å². The molecule has 2 N–H and O–H groups in total. The zero-order valence-electron chi connectivity index (χ0n) is 15.2. The SMILES string of the molecule is CCC(C)c1ccc(C(NC(=O)C2CNCCO2)C(C)C)cc1.Cl. The topological polar surface area (TPSA) is 50.4 Å². The van der Waals surface area contributed by atoms with Crippen molar-refractivity contribution < 1.29 is 9.53 Å². The highest BCUT2D eigenvalue weighted by atomic mass is 35.5. The van der Waals surface area contributed by atoms with Gasteiger partial charge in [0.15, 0.2) is 0 Å². The number of hydrogen-bond donors (Lipinski definition) is 2. The lowest BCUT2D eigenvalue weighted by Crippen LogP contribution is -2.49. The normalized spacial score (nSPS) is 20.1. The summed E-state index contributed by atoms with van der Waals surface area (Å²) >= 11 is 0. The molecule has 1 aliphatic rings. The molecule has 1 saturated heterocycles. The molecule has 1 fully saturated rings. The molecule has 3 unspecified atom stereocenters. The van der Waals surface area contributed by atoms with Gasteiger partial charge in [0.2, 0.25) is 0 Å². The molecule has 0 radical (unpaired) electrons. The number of ether oxygens (including phenoxy) is 1. The maximum absolute atomic E-state index is 12.4. The van der Waals surface area contributed by atoms with E-state index in [1.807, 2.05) is 0 Å². The Morgan fingerprint density at radius 1 is 1.25 bits per heavy atom. The summed E-state index contributed by atoms with van der Waals surface area (Å²) in [6.45, 7) is 10.7. The van der Waals surface area contributed by atoms with Crippen LogP contribution in [0.2, 0.25) is 0 Å². The van der Waals surface area contributed by atoms with Crippen LogP contribution in [0, 0.1) is 5.92 Å². The summed E-state index contributed by atoms with van der Waals surface area (Å²) in [5, 5.41) is 6.36. The molecule has 0 aromatic heterocycles. The van der Waals surface area contributed by atoms with Crippen molar-refractivity contribution in [2.75, 3.05) is 19.7 Å². The molecule has 1 aromatic carbocycles. The molecule has 5 heteroatoms. The van der Waals surface area contributed by atoms with Gasteiger partial charge in [-0.1, -0.05) is 52.0 Å². The molecule has 0 saturated carbocycles. The van der Waals surface area contributed by atoms with E-state index in [1.165, 1.54) is 5.56 Å². The summed E-state index contributed by atoms with van der Waals surface area (Å²) in [5.41, 5.74) is 2.51. The van der Waals surface area contributed by atoms with Gasteiger partial charge in [-0.2, -0.15) is 0 Å². The Morgan fingerprint density at radius 2 is 1.88 bits per heavy atom. The first-order valence-corrected chi connectivity index (χ1v) is 8.75. The van der Waals surface area contributed by atoms with Crippen LogP contribution in [0.25, 0.3) is 0 Å². The summed E-state index contributed by atoms with van der Waals surface area (Å²) in [7, 11) is 0. The Hall–Kier alpha value is -1.10. The molecule has 1 aliphatic heterocycles. The average Bonchev–Trinajstić information content (AvgIpc) is 2.59. The van der Waals surface area contributed by atoms with E-state index in [0.29, 0.717) is 25.0 Å². The second kappa shape index (κ2) is 10.0. The lowest BCUT2D eigenvalue weighted by Gasteiger charge is -2.28. The molecule has 1 aromatic rings. The fourth-order valence-electron chi connectivity index (χ4n) is 2.88. The molecule has 0 aliphatic carbocycles. The van der Waals surface area contributed by atoms with Crippen molar-refractivity contribution in [2.24, 2.45) is 5.92 Å². The van der Waals surface area contributed by atoms with Crippen molar-refractivity contribution in [1.82, 2.24) is 10.6 Å². The van der Waals surface area contributed by atoms with Gasteiger partial charge in [0.25, 0.3) is 5.91 Å². The second-order valence-electron chi connectivity index (χ2n) is 6.77. The maximum Gasteiger partial charge on any atom is 0.250 e. The van der Waals surface area contributed by atoms with E-state index in [-0.39, 0.29) is 30.5 Å². The quantitative estimate of drug-likeness (QED) is 0.823. The van der Waals surface area contributed by atoms with Gasteiger partial charge in [-0.3, -0.25) is 4.79 Å². The lowest BCUT2D eigenvalue weighted by atomic mass is 9.92. The van der Waals surface area contributed by atoms with Crippen LogP contribution in [-0.2, 0) is 9.53 Å². The van der Waals surface area contributed by atoms with Crippen LogP contribution in [0.15, 0.2) is 24.3 Å². The third-order valence-corrected chi connectivity index (χ3v) is 4.66. The standard InChI is InChI=1S/C19H30N2O2.ClH/c1-5-14(4)15-6-8-16(9-7-15)18(13(2)3)21-19(22)17-12-20-10-11-23-17;/h6-9,13-14,17-18,20H,5,10-12H2,1-4H3,(H,21,22);1H. The van der Waals surface area contributed by atoms with Gasteiger partial charge in [-0.15, -0.1) is 12.4 Å². The van der Waals surface area contributed by atoms with Gasteiger partial charge in [0, 0.05) is 13.1 Å². The van der Waals surface area contributed by atoms with Gasteiger partial charge in [-0.05, 0) is 29.4 Å². The van der Waals surface area contributed by atoms with Gasteiger partial charge in [0.1, 0.15) is 6.10 Å². The molecule has 0 spiro atoms. The van der Waals surface area contributed by atoms with Crippen LogP contribution in [0.3, 0.4) is 0 Å². The number of amides is 1. The Labute approximate surface area is 152 Å². The number of nitrogens with one attached hydrogen (secondary N) is 2. The summed E-state index contributed by atoms with van der Waals surface area (Å²) in [6, 6.07) is 8.67. The largest absolute Gasteiger partial charge is 0.366 e. The smallest absolute Gasteiger partial charge is 0.250 e. The second-order valence-corrected chi connectivity index (χ2v) is 6.77.